The van der Waals surface area contributed by atoms with E-state index in [4.69, 9.17) is 9.47 Å². The van der Waals surface area contributed by atoms with Gasteiger partial charge in [-0.3, -0.25) is 4.90 Å². The number of carbonyl (C=O) groups excluding carboxylic acids is 1. The molecule has 1 saturated heterocycles. The molecule has 2 aromatic rings. The second-order valence-electron chi connectivity index (χ2n) is 10.2. The molecule has 2 heterocycles. The molecule has 40 heavy (non-hydrogen) atoms. The Bertz CT molecular complexity index is 1290. The number of carbonyl (C=O) groups is 1. The van der Waals surface area contributed by atoms with Gasteiger partial charge in [-0.15, -0.1) is 0 Å². The van der Waals surface area contributed by atoms with Gasteiger partial charge in [0.1, 0.15) is 17.7 Å². The summed E-state index contributed by atoms with van der Waals surface area (Å²) < 4.78 is 106. The van der Waals surface area contributed by atoms with Crippen molar-refractivity contribution in [2.75, 3.05) is 26.7 Å². The van der Waals surface area contributed by atoms with Crippen molar-refractivity contribution in [1.29, 1.82) is 0 Å². The smallest absolute Gasteiger partial charge is 0.416 e. The molecule has 218 valence electrons. The molecule has 0 saturated carbocycles. The molecule has 1 amide bonds. The van der Waals surface area contributed by atoms with Crippen molar-refractivity contribution >= 4 is 11.7 Å². The molecule has 0 radical (unpaired) electrons. The molecular weight excluding hydrogens is 545 g/mol. The van der Waals surface area contributed by atoms with E-state index in [1.54, 1.807) is 6.07 Å². The lowest BCUT2D eigenvalue weighted by Gasteiger charge is -2.28. The van der Waals surface area contributed by atoms with Gasteiger partial charge in [0.15, 0.2) is 0 Å². The standard InChI is InChI=1S/C28H29F7N2O3/c1-14(2)21-10-22(24(39-4)11-23(21)29)20-5-6-36-12-17(20)13-37-15(3)25(40-26(37)38)16-7-18(27(30,31)32)9-19(8-16)28(33,34)35/h7-11,14-15,25,36H,5-6,12-13H2,1-4H3/t15-,25-/m0/s1. The van der Waals surface area contributed by atoms with Crippen LogP contribution in [-0.2, 0) is 17.1 Å². The Morgan fingerprint density at radius 2 is 1.68 bits per heavy atom. The number of rotatable bonds is 6. The zero-order valence-electron chi connectivity index (χ0n) is 22.3. The Labute approximate surface area is 226 Å². The molecule has 2 aliphatic rings. The first-order chi connectivity index (χ1) is 18.6. The number of ether oxygens (including phenoxy) is 2. The maximum atomic E-state index is 14.7. The van der Waals surface area contributed by atoms with E-state index >= 15 is 0 Å². The minimum absolute atomic E-state index is 0.00145. The van der Waals surface area contributed by atoms with Gasteiger partial charge in [0.05, 0.1) is 24.3 Å². The van der Waals surface area contributed by atoms with Gasteiger partial charge in [0.25, 0.3) is 0 Å². The zero-order valence-corrected chi connectivity index (χ0v) is 22.3. The fourth-order valence-electron chi connectivity index (χ4n) is 5.14. The number of alkyl halides is 6. The number of hydrogen-bond donors (Lipinski definition) is 1. The van der Waals surface area contributed by atoms with Crippen molar-refractivity contribution in [3.05, 3.63) is 69.5 Å². The normalized spacial score (nSPS) is 20.4. The fourth-order valence-corrected chi connectivity index (χ4v) is 5.14. The number of methoxy groups -OCH3 is 1. The van der Waals surface area contributed by atoms with Crippen LogP contribution in [0.25, 0.3) is 5.57 Å². The van der Waals surface area contributed by atoms with Crippen LogP contribution in [0.1, 0.15) is 67.0 Å². The van der Waals surface area contributed by atoms with Crippen molar-refractivity contribution in [2.45, 2.75) is 57.6 Å². The van der Waals surface area contributed by atoms with E-state index in [0.29, 0.717) is 48.5 Å². The molecule has 0 aliphatic carbocycles. The van der Waals surface area contributed by atoms with Crippen LogP contribution in [0.2, 0.25) is 0 Å². The Kier molecular flexibility index (Phi) is 8.13. The van der Waals surface area contributed by atoms with Crippen molar-refractivity contribution in [2.24, 2.45) is 0 Å². The number of cyclic esters (lactones) is 1. The third-order valence-electron chi connectivity index (χ3n) is 7.27. The summed E-state index contributed by atoms with van der Waals surface area (Å²) in [6, 6.07) is 3.35. The molecule has 0 spiro atoms. The summed E-state index contributed by atoms with van der Waals surface area (Å²) in [6.07, 6.45) is -11.8. The number of nitrogens with zero attached hydrogens (tertiary/aromatic N) is 1. The molecule has 4 rings (SSSR count). The molecule has 2 atom stereocenters. The predicted molar refractivity (Wildman–Crippen MR) is 133 cm³/mol. The topological polar surface area (TPSA) is 50.8 Å². The van der Waals surface area contributed by atoms with Crippen LogP contribution in [0.5, 0.6) is 5.75 Å². The molecule has 1 fully saturated rings. The summed E-state index contributed by atoms with van der Waals surface area (Å²) in [5.41, 5.74) is -0.651. The average Bonchev–Trinajstić information content (AvgIpc) is 3.15. The average molecular weight is 575 g/mol. The summed E-state index contributed by atoms with van der Waals surface area (Å²) in [6.45, 7) is 6.18. The minimum Gasteiger partial charge on any atom is -0.496 e. The first-order valence-corrected chi connectivity index (χ1v) is 12.7. The van der Waals surface area contributed by atoms with Crippen LogP contribution in [0.15, 0.2) is 35.9 Å². The van der Waals surface area contributed by atoms with E-state index in [2.05, 4.69) is 5.32 Å². The molecule has 12 heteroatoms. The van der Waals surface area contributed by atoms with Gasteiger partial charge in [-0.25, -0.2) is 9.18 Å². The number of benzene rings is 2. The lowest BCUT2D eigenvalue weighted by atomic mass is 9.89. The Hall–Kier alpha value is -3.28. The Balaban J connectivity index is 1.71. The first kappa shape index (κ1) is 29.7. The largest absolute Gasteiger partial charge is 0.496 e. The van der Waals surface area contributed by atoms with Crippen molar-refractivity contribution in [3.63, 3.8) is 0 Å². The van der Waals surface area contributed by atoms with Crippen molar-refractivity contribution in [1.82, 2.24) is 10.2 Å². The maximum Gasteiger partial charge on any atom is 0.416 e. The molecular formula is C28H29F7N2O3. The SMILES string of the molecule is COc1cc(F)c(C(C)C)cc1C1=C(CN2C(=O)O[C@H](c3cc(C(F)(F)F)cc(C(F)(F)F)c3)[C@@H]2C)CNCC1. The third-order valence-corrected chi connectivity index (χ3v) is 7.27. The summed E-state index contributed by atoms with van der Waals surface area (Å²) in [7, 11) is 1.42. The van der Waals surface area contributed by atoms with Crippen molar-refractivity contribution < 1.29 is 45.0 Å². The highest BCUT2D eigenvalue weighted by atomic mass is 19.4. The maximum absolute atomic E-state index is 14.7. The molecule has 0 unspecified atom stereocenters. The van der Waals surface area contributed by atoms with E-state index in [1.807, 2.05) is 13.8 Å². The quantitative estimate of drug-likeness (QED) is 0.368. The number of halogens is 7. The molecule has 2 aliphatic heterocycles. The summed E-state index contributed by atoms with van der Waals surface area (Å²) in [5.74, 6) is -0.209. The number of nitrogens with one attached hydrogen (secondary N) is 1. The van der Waals surface area contributed by atoms with Gasteiger partial charge in [-0.2, -0.15) is 26.3 Å². The highest BCUT2D eigenvalue weighted by Gasteiger charge is 2.43. The van der Waals surface area contributed by atoms with Crippen LogP contribution in [0, 0.1) is 5.82 Å². The minimum atomic E-state index is -5.03. The lowest BCUT2D eigenvalue weighted by molar-refractivity contribution is -0.143. The Morgan fingerprint density at radius 3 is 2.23 bits per heavy atom. The lowest BCUT2D eigenvalue weighted by Crippen LogP contribution is -2.37. The van der Waals surface area contributed by atoms with Gasteiger partial charge in [0.2, 0.25) is 0 Å². The van der Waals surface area contributed by atoms with Gasteiger partial charge in [-0.1, -0.05) is 13.8 Å². The van der Waals surface area contributed by atoms with Crippen LogP contribution in [0.4, 0.5) is 35.5 Å². The fraction of sp³-hybridized carbons (Fsp3) is 0.464. The first-order valence-electron chi connectivity index (χ1n) is 12.7. The van der Waals surface area contributed by atoms with E-state index in [-0.39, 0.29) is 18.5 Å². The predicted octanol–water partition coefficient (Wildman–Crippen LogP) is 7.32. The number of hydrogen-bond acceptors (Lipinski definition) is 4. The zero-order chi connectivity index (χ0) is 29.6. The van der Waals surface area contributed by atoms with Gasteiger partial charge in [0, 0.05) is 24.7 Å². The van der Waals surface area contributed by atoms with E-state index < -0.39 is 53.1 Å². The summed E-state index contributed by atoms with van der Waals surface area (Å²) >= 11 is 0. The highest BCUT2D eigenvalue weighted by Crippen LogP contribution is 2.42. The second kappa shape index (κ2) is 10.9. The van der Waals surface area contributed by atoms with Gasteiger partial charge >= 0.3 is 18.4 Å². The molecule has 5 nitrogen and oxygen atoms in total. The van der Waals surface area contributed by atoms with Crippen LogP contribution >= 0.6 is 0 Å². The molecule has 0 aromatic heterocycles. The molecule has 1 N–H and O–H groups in total. The molecule has 0 bridgehead atoms. The Morgan fingerprint density at radius 1 is 1.05 bits per heavy atom. The van der Waals surface area contributed by atoms with Crippen LogP contribution in [-0.4, -0.2) is 43.8 Å². The second-order valence-corrected chi connectivity index (χ2v) is 10.2. The monoisotopic (exact) mass is 574 g/mol. The van der Waals surface area contributed by atoms with Crippen molar-refractivity contribution in [3.8, 4) is 5.75 Å². The van der Waals surface area contributed by atoms with E-state index in [9.17, 15) is 35.5 Å². The number of amides is 1. The third kappa shape index (κ3) is 5.91. The van der Waals surface area contributed by atoms with Gasteiger partial charge < -0.3 is 14.8 Å². The van der Waals surface area contributed by atoms with Crippen LogP contribution < -0.4 is 10.1 Å². The highest BCUT2D eigenvalue weighted by molar-refractivity contribution is 5.77. The van der Waals surface area contributed by atoms with Gasteiger partial charge in [-0.05, 0) is 72.3 Å². The van der Waals surface area contributed by atoms with E-state index in [1.165, 1.54) is 25.0 Å². The summed E-state index contributed by atoms with van der Waals surface area (Å²) in [5, 5.41) is 3.21. The van der Waals surface area contributed by atoms with Crippen LogP contribution in [0.3, 0.4) is 0 Å². The van der Waals surface area contributed by atoms with E-state index in [0.717, 1.165) is 11.1 Å². The molecule has 2 aromatic carbocycles. The summed E-state index contributed by atoms with van der Waals surface area (Å²) in [4.78, 5) is 14.2.